The zero-order valence-electron chi connectivity index (χ0n) is 10.9. The van der Waals surface area contributed by atoms with Crippen molar-refractivity contribution in [2.45, 2.75) is 32.1 Å². The Bertz CT molecular complexity index is 582. The number of hydrogen-bond acceptors (Lipinski definition) is 3. The second-order valence-corrected chi connectivity index (χ2v) is 6.73. The third-order valence-electron chi connectivity index (χ3n) is 3.20. The quantitative estimate of drug-likeness (QED) is 0.817. The maximum atomic E-state index is 12.5. The SMILES string of the molecule is Cc1cc(C)c(S(=O)(=O)N2CCC(=O)C2)c(C)c1. The summed E-state index contributed by atoms with van der Waals surface area (Å²) in [6, 6.07) is 3.72. The summed E-state index contributed by atoms with van der Waals surface area (Å²) in [7, 11) is -3.54. The van der Waals surface area contributed by atoms with Gasteiger partial charge < -0.3 is 0 Å². The van der Waals surface area contributed by atoms with Gasteiger partial charge >= 0.3 is 0 Å². The lowest BCUT2D eigenvalue weighted by atomic mass is 10.1. The molecule has 0 N–H and O–H groups in total. The second kappa shape index (κ2) is 4.48. The molecule has 0 atom stereocenters. The number of nitrogens with zero attached hydrogens (tertiary/aromatic N) is 1. The largest absolute Gasteiger partial charge is 0.298 e. The molecule has 0 radical (unpaired) electrons. The van der Waals surface area contributed by atoms with Crippen molar-refractivity contribution in [2.24, 2.45) is 0 Å². The van der Waals surface area contributed by atoms with Crippen LogP contribution in [-0.4, -0.2) is 31.6 Å². The minimum Gasteiger partial charge on any atom is -0.298 e. The molecule has 2 rings (SSSR count). The normalized spacial score (nSPS) is 17.4. The number of Topliss-reactive ketones (excluding diaryl/α,β-unsaturated/α-hetero) is 1. The number of sulfonamides is 1. The van der Waals surface area contributed by atoms with Crippen LogP contribution in [0.5, 0.6) is 0 Å². The molecule has 5 heteroatoms. The van der Waals surface area contributed by atoms with Crippen LogP contribution in [0.3, 0.4) is 0 Å². The monoisotopic (exact) mass is 267 g/mol. The second-order valence-electron chi connectivity index (χ2n) is 4.86. The minimum absolute atomic E-state index is 0.00902. The van der Waals surface area contributed by atoms with Crippen LogP contribution in [0.1, 0.15) is 23.1 Å². The Morgan fingerprint density at radius 3 is 2.11 bits per heavy atom. The van der Waals surface area contributed by atoms with Crippen LogP contribution in [-0.2, 0) is 14.8 Å². The van der Waals surface area contributed by atoms with E-state index in [2.05, 4.69) is 0 Å². The Morgan fingerprint density at radius 1 is 1.11 bits per heavy atom. The van der Waals surface area contributed by atoms with Gasteiger partial charge in [0.15, 0.2) is 0 Å². The molecule has 4 nitrogen and oxygen atoms in total. The summed E-state index contributed by atoms with van der Waals surface area (Å²) in [5.41, 5.74) is 2.53. The Balaban J connectivity index is 2.51. The molecule has 0 aliphatic carbocycles. The van der Waals surface area contributed by atoms with Gasteiger partial charge in [-0.3, -0.25) is 4.79 Å². The van der Waals surface area contributed by atoms with Crippen molar-refractivity contribution in [3.05, 3.63) is 28.8 Å². The number of aryl methyl sites for hydroxylation is 3. The molecule has 0 aromatic heterocycles. The predicted molar refractivity (Wildman–Crippen MR) is 69.0 cm³/mol. The van der Waals surface area contributed by atoms with Gasteiger partial charge in [-0.25, -0.2) is 8.42 Å². The molecule has 1 aromatic rings. The Morgan fingerprint density at radius 2 is 1.67 bits per heavy atom. The molecule has 1 heterocycles. The van der Waals surface area contributed by atoms with E-state index in [9.17, 15) is 13.2 Å². The molecule has 0 bridgehead atoms. The lowest BCUT2D eigenvalue weighted by Gasteiger charge is -2.18. The van der Waals surface area contributed by atoms with E-state index < -0.39 is 10.0 Å². The summed E-state index contributed by atoms with van der Waals surface area (Å²) >= 11 is 0. The van der Waals surface area contributed by atoms with Crippen LogP contribution in [0.2, 0.25) is 0 Å². The average Bonchev–Trinajstić information content (AvgIpc) is 2.63. The van der Waals surface area contributed by atoms with Crippen molar-refractivity contribution in [1.29, 1.82) is 0 Å². The van der Waals surface area contributed by atoms with Gasteiger partial charge in [0.1, 0.15) is 5.78 Å². The number of carbonyl (C=O) groups is 1. The van der Waals surface area contributed by atoms with E-state index in [-0.39, 0.29) is 12.3 Å². The molecule has 1 aliphatic heterocycles. The third kappa shape index (κ3) is 2.20. The number of carbonyl (C=O) groups excluding carboxylic acids is 1. The summed E-state index contributed by atoms with van der Waals surface area (Å²) in [6.45, 7) is 5.84. The number of hydrogen-bond donors (Lipinski definition) is 0. The smallest absolute Gasteiger partial charge is 0.244 e. The van der Waals surface area contributed by atoms with Gasteiger partial charge in [-0.1, -0.05) is 17.7 Å². The molecule has 1 saturated heterocycles. The first-order valence-corrected chi connectivity index (χ1v) is 7.36. The fourth-order valence-electron chi connectivity index (χ4n) is 2.51. The molecular weight excluding hydrogens is 250 g/mol. The first-order valence-electron chi connectivity index (χ1n) is 5.92. The van der Waals surface area contributed by atoms with Gasteiger partial charge in [0.25, 0.3) is 0 Å². The standard InChI is InChI=1S/C13H17NO3S/c1-9-6-10(2)13(11(3)7-9)18(16,17)14-5-4-12(15)8-14/h6-7H,4-5,8H2,1-3H3. The van der Waals surface area contributed by atoms with Gasteiger partial charge in [0.05, 0.1) is 11.4 Å². The van der Waals surface area contributed by atoms with Gasteiger partial charge in [0.2, 0.25) is 10.0 Å². The molecular formula is C13H17NO3S. The lowest BCUT2D eigenvalue weighted by molar-refractivity contribution is -0.116. The number of ketones is 1. The molecule has 0 amide bonds. The molecule has 1 fully saturated rings. The van der Waals surface area contributed by atoms with E-state index in [1.165, 1.54) is 4.31 Å². The Kier molecular flexibility index (Phi) is 3.29. The zero-order valence-corrected chi connectivity index (χ0v) is 11.7. The van der Waals surface area contributed by atoms with Crippen LogP contribution in [0, 0.1) is 20.8 Å². The average molecular weight is 267 g/mol. The maximum Gasteiger partial charge on any atom is 0.244 e. The van der Waals surface area contributed by atoms with E-state index in [0.29, 0.717) is 17.9 Å². The highest BCUT2D eigenvalue weighted by Crippen LogP contribution is 2.26. The molecule has 0 saturated carbocycles. The third-order valence-corrected chi connectivity index (χ3v) is 5.35. The highest BCUT2D eigenvalue weighted by molar-refractivity contribution is 7.89. The fraction of sp³-hybridized carbons (Fsp3) is 0.462. The van der Waals surface area contributed by atoms with Gasteiger partial charge in [-0.2, -0.15) is 4.31 Å². The van der Waals surface area contributed by atoms with E-state index >= 15 is 0 Å². The minimum atomic E-state index is -3.54. The summed E-state index contributed by atoms with van der Waals surface area (Å²) < 4.78 is 26.3. The van der Waals surface area contributed by atoms with Crippen molar-refractivity contribution >= 4 is 15.8 Å². The topological polar surface area (TPSA) is 54.5 Å². The highest BCUT2D eigenvalue weighted by Gasteiger charge is 2.33. The zero-order chi connectivity index (χ0) is 13.5. The molecule has 0 spiro atoms. The van der Waals surface area contributed by atoms with Crippen molar-refractivity contribution in [3.63, 3.8) is 0 Å². The molecule has 98 valence electrons. The van der Waals surface area contributed by atoms with Crippen LogP contribution in [0.15, 0.2) is 17.0 Å². The summed E-state index contributed by atoms with van der Waals surface area (Å²) in [5, 5.41) is 0. The van der Waals surface area contributed by atoms with Crippen LogP contribution in [0.25, 0.3) is 0 Å². The van der Waals surface area contributed by atoms with Gasteiger partial charge in [0, 0.05) is 13.0 Å². The molecule has 1 aliphatic rings. The molecule has 1 aromatic carbocycles. The highest BCUT2D eigenvalue weighted by atomic mass is 32.2. The first-order chi connectivity index (χ1) is 8.32. The summed E-state index contributed by atoms with van der Waals surface area (Å²) in [5.74, 6) is -0.0130. The van der Waals surface area contributed by atoms with Crippen molar-refractivity contribution < 1.29 is 13.2 Å². The fourth-order valence-corrected chi connectivity index (χ4v) is 4.35. The van der Waals surface area contributed by atoms with Crippen LogP contribution in [0.4, 0.5) is 0 Å². The van der Waals surface area contributed by atoms with E-state index in [1.807, 2.05) is 19.1 Å². The molecule has 18 heavy (non-hydrogen) atoms. The van der Waals surface area contributed by atoms with Gasteiger partial charge in [-0.05, 0) is 31.9 Å². The van der Waals surface area contributed by atoms with Crippen LogP contribution >= 0.6 is 0 Å². The predicted octanol–water partition coefficient (Wildman–Crippen LogP) is 1.58. The van der Waals surface area contributed by atoms with E-state index in [4.69, 9.17) is 0 Å². The Hall–Kier alpha value is -1.20. The first kappa shape index (κ1) is 13.2. The van der Waals surface area contributed by atoms with Crippen molar-refractivity contribution in [3.8, 4) is 0 Å². The number of rotatable bonds is 2. The Labute approximate surface area is 108 Å². The van der Waals surface area contributed by atoms with Crippen molar-refractivity contribution in [2.75, 3.05) is 13.1 Å². The molecule has 0 unspecified atom stereocenters. The summed E-state index contributed by atoms with van der Waals surface area (Å²) in [4.78, 5) is 11.6. The van der Waals surface area contributed by atoms with Crippen LogP contribution < -0.4 is 0 Å². The number of benzene rings is 1. The lowest BCUT2D eigenvalue weighted by Crippen LogP contribution is -2.30. The summed E-state index contributed by atoms with van der Waals surface area (Å²) in [6.07, 6.45) is 0.323. The van der Waals surface area contributed by atoms with E-state index in [0.717, 1.165) is 16.7 Å². The van der Waals surface area contributed by atoms with Gasteiger partial charge in [-0.15, -0.1) is 0 Å². The van der Waals surface area contributed by atoms with E-state index in [1.54, 1.807) is 13.8 Å². The maximum absolute atomic E-state index is 12.5. The van der Waals surface area contributed by atoms with Crippen molar-refractivity contribution in [1.82, 2.24) is 4.31 Å².